The normalized spacial score (nSPS) is 15.8. The van der Waals surface area contributed by atoms with Crippen molar-refractivity contribution in [2.24, 2.45) is 0 Å². The Labute approximate surface area is 108 Å². The summed E-state index contributed by atoms with van der Waals surface area (Å²) in [6, 6.07) is 0. The van der Waals surface area contributed by atoms with Gasteiger partial charge in [0, 0.05) is 6.42 Å². The third-order valence-electron chi connectivity index (χ3n) is 2.88. The van der Waals surface area contributed by atoms with E-state index in [0.29, 0.717) is 0 Å². The van der Waals surface area contributed by atoms with Gasteiger partial charge in [0.1, 0.15) is 8.07 Å². The van der Waals surface area contributed by atoms with Gasteiger partial charge in [0.2, 0.25) is 0 Å². The molecule has 0 heterocycles. The first-order chi connectivity index (χ1) is 8.08. The van der Waals surface area contributed by atoms with Crippen LogP contribution in [0.5, 0.6) is 0 Å². The Kier molecular flexibility index (Phi) is 6.41. The molecule has 0 saturated heterocycles. The smallest absolute Gasteiger partial charge is 0.129 e. The third kappa shape index (κ3) is 8.08. The number of unbranched alkanes of at least 4 members (excludes halogenated alkanes) is 2. The van der Waals surface area contributed by atoms with Crippen molar-refractivity contribution in [2.75, 3.05) is 0 Å². The Hall–Kier alpha value is -0.703. The van der Waals surface area contributed by atoms with Gasteiger partial charge in [-0.3, -0.25) is 0 Å². The summed E-state index contributed by atoms with van der Waals surface area (Å²) in [5, 5.41) is 0. The van der Waals surface area contributed by atoms with Crippen molar-refractivity contribution in [3.05, 3.63) is 17.4 Å². The molecule has 94 valence electrons. The topological polar surface area (TPSA) is 0 Å². The average Bonchev–Trinajstić information content (AvgIpc) is 2.28. The summed E-state index contributed by atoms with van der Waals surface area (Å²) in [5.74, 6) is 3.32. The molecule has 17 heavy (non-hydrogen) atoms. The van der Waals surface area contributed by atoms with E-state index in [4.69, 9.17) is 0 Å². The van der Waals surface area contributed by atoms with Gasteiger partial charge in [-0.15, -0.1) is 17.2 Å². The Bertz CT molecular complexity index is 332. The van der Waals surface area contributed by atoms with E-state index in [-0.39, 0.29) is 0 Å². The van der Waals surface area contributed by atoms with Crippen LogP contribution in [0.2, 0.25) is 19.6 Å². The molecule has 1 rings (SSSR count). The second-order valence-electron chi connectivity index (χ2n) is 5.96. The molecular weight excluding hydrogens is 220 g/mol. The molecule has 0 atom stereocenters. The molecule has 1 saturated carbocycles. The van der Waals surface area contributed by atoms with Gasteiger partial charge in [-0.05, 0) is 50.2 Å². The molecule has 0 nitrogen and oxygen atoms in total. The Balaban J connectivity index is 2.19. The minimum Gasteiger partial charge on any atom is -0.132 e. The van der Waals surface area contributed by atoms with Gasteiger partial charge in [0.15, 0.2) is 0 Å². The van der Waals surface area contributed by atoms with E-state index in [1.165, 1.54) is 38.5 Å². The number of rotatable bonds is 3. The molecule has 0 N–H and O–H groups in total. The van der Waals surface area contributed by atoms with E-state index in [1.54, 1.807) is 5.57 Å². The zero-order valence-corrected chi connectivity index (χ0v) is 12.7. The Morgan fingerprint density at radius 3 is 2.47 bits per heavy atom. The van der Waals surface area contributed by atoms with Gasteiger partial charge in [-0.25, -0.2) is 0 Å². The lowest BCUT2D eigenvalue weighted by Crippen LogP contribution is -2.16. The molecule has 0 bridgehead atoms. The van der Waals surface area contributed by atoms with E-state index < -0.39 is 8.07 Å². The summed E-state index contributed by atoms with van der Waals surface area (Å²) in [4.78, 5) is 0. The highest BCUT2D eigenvalue weighted by Crippen LogP contribution is 2.21. The number of hydrogen-bond donors (Lipinski definition) is 0. The van der Waals surface area contributed by atoms with Crippen LogP contribution in [0.1, 0.15) is 51.4 Å². The first-order valence-electron chi connectivity index (χ1n) is 7.01. The molecule has 1 fully saturated rings. The van der Waals surface area contributed by atoms with Crippen LogP contribution >= 0.6 is 0 Å². The maximum atomic E-state index is 3.48. The lowest BCUT2D eigenvalue weighted by Gasteiger charge is -2.10. The van der Waals surface area contributed by atoms with Crippen molar-refractivity contribution < 1.29 is 0 Å². The monoisotopic (exact) mass is 246 g/mol. The van der Waals surface area contributed by atoms with Crippen molar-refractivity contribution in [3.63, 3.8) is 0 Å². The predicted octanol–water partition coefficient (Wildman–Crippen LogP) is 5.08. The van der Waals surface area contributed by atoms with Crippen LogP contribution in [-0.4, -0.2) is 8.07 Å². The van der Waals surface area contributed by atoms with Crippen molar-refractivity contribution in [1.82, 2.24) is 0 Å². The van der Waals surface area contributed by atoms with Crippen molar-refractivity contribution in [3.8, 4) is 11.5 Å². The molecular formula is C16H26Si. The highest BCUT2D eigenvalue weighted by atomic mass is 28.3. The third-order valence-corrected chi connectivity index (χ3v) is 3.80. The summed E-state index contributed by atoms with van der Waals surface area (Å²) in [6.45, 7) is 6.90. The predicted molar refractivity (Wildman–Crippen MR) is 79.7 cm³/mol. The molecule has 0 aromatic rings. The lowest BCUT2D eigenvalue weighted by atomic mass is 9.95. The maximum absolute atomic E-state index is 3.48. The standard InChI is InChI=1S/C16H26Si/c1-17(2,3)15-11-6-4-5-8-12-16-13-9-7-10-14-16/h8H,4-7,9-10,13-14H2,1-3H3. The van der Waals surface area contributed by atoms with Crippen molar-refractivity contribution in [2.45, 2.75) is 71.0 Å². The quantitative estimate of drug-likeness (QED) is 0.282. The minimum atomic E-state index is -1.14. The van der Waals surface area contributed by atoms with Crippen LogP contribution in [0.25, 0.3) is 0 Å². The number of allylic oxidation sites excluding steroid dienone is 1. The zero-order valence-electron chi connectivity index (χ0n) is 11.7. The molecule has 0 aliphatic heterocycles. The van der Waals surface area contributed by atoms with Crippen LogP contribution in [0.3, 0.4) is 0 Å². The Morgan fingerprint density at radius 2 is 1.82 bits per heavy atom. The average molecular weight is 246 g/mol. The maximum Gasteiger partial charge on any atom is 0.129 e. The van der Waals surface area contributed by atoms with E-state index >= 15 is 0 Å². The molecule has 0 aromatic heterocycles. The second-order valence-corrected chi connectivity index (χ2v) is 10.7. The Morgan fingerprint density at radius 1 is 1.12 bits per heavy atom. The van der Waals surface area contributed by atoms with E-state index in [9.17, 15) is 0 Å². The molecule has 1 aliphatic carbocycles. The van der Waals surface area contributed by atoms with Gasteiger partial charge >= 0.3 is 0 Å². The fourth-order valence-corrected chi connectivity index (χ4v) is 2.61. The van der Waals surface area contributed by atoms with Gasteiger partial charge in [0.05, 0.1) is 0 Å². The van der Waals surface area contributed by atoms with Gasteiger partial charge in [0.25, 0.3) is 0 Å². The largest absolute Gasteiger partial charge is 0.132 e. The van der Waals surface area contributed by atoms with E-state index in [2.05, 4.69) is 42.9 Å². The molecule has 0 radical (unpaired) electrons. The lowest BCUT2D eigenvalue weighted by molar-refractivity contribution is 0.600. The van der Waals surface area contributed by atoms with Gasteiger partial charge in [-0.1, -0.05) is 26.1 Å². The van der Waals surface area contributed by atoms with Crippen LogP contribution in [0.4, 0.5) is 0 Å². The fraction of sp³-hybridized carbons (Fsp3) is 0.688. The first-order valence-corrected chi connectivity index (χ1v) is 10.5. The number of hydrogen-bond acceptors (Lipinski definition) is 0. The van der Waals surface area contributed by atoms with Crippen LogP contribution in [0.15, 0.2) is 17.4 Å². The summed E-state index contributed by atoms with van der Waals surface area (Å²) < 4.78 is 0. The van der Waals surface area contributed by atoms with Crippen LogP contribution in [-0.2, 0) is 0 Å². The fourth-order valence-electron chi connectivity index (χ4n) is 1.96. The van der Waals surface area contributed by atoms with E-state index in [0.717, 1.165) is 12.8 Å². The second kappa shape index (κ2) is 7.59. The van der Waals surface area contributed by atoms with E-state index in [1.807, 2.05) is 0 Å². The SMILES string of the molecule is C[Si](C)(C)C#CCCCC=C=C1CCCCC1. The summed E-state index contributed by atoms with van der Waals surface area (Å²) in [7, 11) is -1.14. The van der Waals surface area contributed by atoms with Crippen molar-refractivity contribution in [1.29, 1.82) is 0 Å². The summed E-state index contributed by atoms with van der Waals surface area (Å²) in [5.41, 5.74) is 8.44. The molecule has 0 amide bonds. The van der Waals surface area contributed by atoms with Crippen LogP contribution < -0.4 is 0 Å². The van der Waals surface area contributed by atoms with Crippen LogP contribution in [0, 0.1) is 11.5 Å². The molecule has 0 spiro atoms. The molecule has 0 unspecified atom stereocenters. The molecule has 1 aliphatic rings. The van der Waals surface area contributed by atoms with Gasteiger partial charge in [-0.2, -0.15) is 0 Å². The highest BCUT2D eigenvalue weighted by molar-refractivity contribution is 6.83. The van der Waals surface area contributed by atoms with Crippen molar-refractivity contribution >= 4 is 8.07 Å². The highest BCUT2D eigenvalue weighted by Gasteiger charge is 2.06. The molecule has 0 aromatic carbocycles. The van der Waals surface area contributed by atoms with Gasteiger partial charge < -0.3 is 0 Å². The summed E-state index contributed by atoms with van der Waals surface area (Å²) >= 11 is 0. The molecule has 1 heteroatoms. The zero-order chi connectivity index (χ0) is 12.6. The first kappa shape index (κ1) is 14.4. The summed E-state index contributed by atoms with van der Waals surface area (Å²) in [6.07, 6.45) is 12.3. The minimum absolute atomic E-state index is 1.05.